The van der Waals surface area contributed by atoms with E-state index < -0.39 is 5.60 Å². The summed E-state index contributed by atoms with van der Waals surface area (Å²) in [5.41, 5.74) is 0.0927. The average Bonchev–Trinajstić information content (AvgIpc) is 2.54. The first kappa shape index (κ1) is 18.1. The van der Waals surface area contributed by atoms with Crippen molar-refractivity contribution in [1.29, 1.82) is 0 Å². The van der Waals surface area contributed by atoms with E-state index in [1.807, 2.05) is 0 Å². The Hall–Kier alpha value is -2.21. The Bertz CT molecular complexity index is 659. The lowest BCUT2D eigenvalue weighted by molar-refractivity contribution is -0.138. The topological polar surface area (TPSA) is 69.6 Å². The van der Waals surface area contributed by atoms with Crippen LogP contribution in [0.15, 0.2) is 30.3 Å². The van der Waals surface area contributed by atoms with Crippen molar-refractivity contribution in [3.05, 3.63) is 41.7 Å². The third-order valence-corrected chi connectivity index (χ3v) is 4.26. The summed E-state index contributed by atoms with van der Waals surface area (Å²) < 4.78 is 13.3. The van der Waals surface area contributed by atoms with Crippen LogP contribution in [0.1, 0.15) is 31.7 Å². The number of β-amino-alcohol motifs (C(OH)–C–C–N with tert-alkyl or cyclic N) is 1. The second kappa shape index (κ2) is 7.57. The summed E-state index contributed by atoms with van der Waals surface area (Å²) in [7, 11) is 1.52. The van der Waals surface area contributed by atoms with Crippen molar-refractivity contribution in [3.63, 3.8) is 0 Å². The maximum atomic E-state index is 13.3. The minimum absolute atomic E-state index is 0.0279. The number of allylic oxidation sites excluding steroid dienone is 1. The fourth-order valence-corrected chi connectivity index (χ4v) is 2.93. The summed E-state index contributed by atoms with van der Waals surface area (Å²) in [6.07, 6.45) is 2.53. The molecule has 24 heavy (non-hydrogen) atoms. The number of halogens is 1. The molecule has 1 aromatic rings. The Morgan fingerprint density at radius 1 is 1.46 bits per heavy atom. The Kier molecular flexibility index (Phi) is 5.72. The SMILES string of the molecule is CNC(=O)CC1(O)CCCN(C(=O)/C=C(\C)c2cccc(F)c2)C1. The highest BCUT2D eigenvalue weighted by atomic mass is 19.1. The van der Waals surface area contributed by atoms with Crippen molar-refractivity contribution in [2.45, 2.75) is 31.8 Å². The van der Waals surface area contributed by atoms with Crippen LogP contribution in [0.2, 0.25) is 0 Å². The van der Waals surface area contributed by atoms with Crippen LogP contribution in [0.5, 0.6) is 0 Å². The first-order chi connectivity index (χ1) is 11.3. The molecule has 1 heterocycles. The van der Waals surface area contributed by atoms with E-state index in [1.165, 1.54) is 30.2 Å². The maximum Gasteiger partial charge on any atom is 0.246 e. The molecule has 0 aliphatic carbocycles. The Morgan fingerprint density at radius 3 is 2.88 bits per heavy atom. The van der Waals surface area contributed by atoms with Gasteiger partial charge in [-0.3, -0.25) is 9.59 Å². The van der Waals surface area contributed by atoms with Gasteiger partial charge in [0.2, 0.25) is 11.8 Å². The van der Waals surface area contributed by atoms with Gasteiger partial charge in [-0.05, 0) is 43.0 Å². The minimum Gasteiger partial charge on any atom is -0.388 e. The molecule has 0 saturated carbocycles. The van der Waals surface area contributed by atoms with Crippen LogP contribution >= 0.6 is 0 Å². The monoisotopic (exact) mass is 334 g/mol. The van der Waals surface area contributed by atoms with Crippen molar-refractivity contribution in [1.82, 2.24) is 10.2 Å². The number of nitrogens with zero attached hydrogens (tertiary/aromatic N) is 1. The fourth-order valence-electron chi connectivity index (χ4n) is 2.93. The molecule has 1 atom stereocenters. The number of hydrogen-bond donors (Lipinski definition) is 2. The lowest BCUT2D eigenvalue weighted by Gasteiger charge is -2.38. The molecule has 1 saturated heterocycles. The lowest BCUT2D eigenvalue weighted by Crippen LogP contribution is -2.51. The van der Waals surface area contributed by atoms with E-state index in [-0.39, 0.29) is 30.6 Å². The van der Waals surface area contributed by atoms with Gasteiger partial charge in [0.25, 0.3) is 0 Å². The van der Waals surface area contributed by atoms with Crippen molar-refractivity contribution in [3.8, 4) is 0 Å². The molecule has 0 bridgehead atoms. The number of aliphatic hydroxyl groups is 1. The average molecular weight is 334 g/mol. The van der Waals surface area contributed by atoms with E-state index in [0.29, 0.717) is 30.5 Å². The number of piperidine rings is 1. The van der Waals surface area contributed by atoms with E-state index >= 15 is 0 Å². The molecular weight excluding hydrogens is 311 g/mol. The number of nitrogens with one attached hydrogen (secondary N) is 1. The first-order valence-corrected chi connectivity index (χ1v) is 7.99. The van der Waals surface area contributed by atoms with E-state index in [0.717, 1.165) is 0 Å². The number of carbonyl (C=O) groups is 2. The molecule has 1 aromatic carbocycles. The van der Waals surface area contributed by atoms with Gasteiger partial charge in [0.1, 0.15) is 5.82 Å². The van der Waals surface area contributed by atoms with E-state index in [1.54, 1.807) is 19.1 Å². The summed E-state index contributed by atoms with van der Waals surface area (Å²) in [5.74, 6) is -0.851. The molecular formula is C18H23FN2O3. The molecule has 5 nitrogen and oxygen atoms in total. The molecule has 1 aliphatic rings. The maximum absolute atomic E-state index is 13.3. The molecule has 0 aromatic heterocycles. The molecule has 1 fully saturated rings. The van der Waals surface area contributed by atoms with Crippen LogP contribution in [0.3, 0.4) is 0 Å². The van der Waals surface area contributed by atoms with Gasteiger partial charge in [0.05, 0.1) is 18.6 Å². The number of benzene rings is 1. The number of amides is 2. The van der Waals surface area contributed by atoms with E-state index in [9.17, 15) is 19.1 Å². The number of likely N-dealkylation sites (tertiary alicyclic amines) is 1. The van der Waals surface area contributed by atoms with Crippen LogP contribution in [-0.4, -0.2) is 47.6 Å². The summed E-state index contributed by atoms with van der Waals surface area (Å²) in [6, 6.07) is 6.05. The second-order valence-electron chi connectivity index (χ2n) is 6.28. The molecule has 2 amide bonds. The van der Waals surface area contributed by atoms with E-state index in [2.05, 4.69) is 5.32 Å². The highest BCUT2D eigenvalue weighted by Crippen LogP contribution is 2.25. The Labute approximate surface area is 141 Å². The van der Waals surface area contributed by atoms with Gasteiger partial charge in [0.15, 0.2) is 0 Å². The van der Waals surface area contributed by atoms with Gasteiger partial charge in [-0.15, -0.1) is 0 Å². The van der Waals surface area contributed by atoms with Crippen molar-refractivity contribution in [2.24, 2.45) is 0 Å². The molecule has 2 N–H and O–H groups in total. The second-order valence-corrected chi connectivity index (χ2v) is 6.28. The van der Waals surface area contributed by atoms with Gasteiger partial charge in [0, 0.05) is 19.7 Å². The van der Waals surface area contributed by atoms with Gasteiger partial charge in [-0.1, -0.05) is 12.1 Å². The smallest absolute Gasteiger partial charge is 0.246 e. The summed E-state index contributed by atoms with van der Waals surface area (Å²) >= 11 is 0. The van der Waals surface area contributed by atoms with Gasteiger partial charge < -0.3 is 15.3 Å². The summed E-state index contributed by atoms with van der Waals surface area (Å²) in [6.45, 7) is 2.39. The first-order valence-electron chi connectivity index (χ1n) is 7.99. The van der Waals surface area contributed by atoms with Crippen LogP contribution in [-0.2, 0) is 9.59 Å². The number of rotatable bonds is 4. The lowest BCUT2D eigenvalue weighted by atomic mass is 9.89. The van der Waals surface area contributed by atoms with Crippen molar-refractivity contribution in [2.75, 3.05) is 20.1 Å². The highest BCUT2D eigenvalue weighted by molar-refractivity contribution is 5.95. The molecule has 0 radical (unpaired) electrons. The zero-order valence-electron chi connectivity index (χ0n) is 14.0. The fraction of sp³-hybridized carbons (Fsp3) is 0.444. The molecule has 130 valence electrons. The van der Waals surface area contributed by atoms with Gasteiger partial charge in [-0.2, -0.15) is 0 Å². The predicted molar refractivity (Wildman–Crippen MR) is 89.5 cm³/mol. The van der Waals surface area contributed by atoms with Gasteiger partial charge >= 0.3 is 0 Å². The quantitative estimate of drug-likeness (QED) is 0.824. The van der Waals surface area contributed by atoms with Crippen molar-refractivity contribution < 1.29 is 19.1 Å². The highest BCUT2D eigenvalue weighted by Gasteiger charge is 2.36. The van der Waals surface area contributed by atoms with E-state index in [4.69, 9.17) is 0 Å². The summed E-state index contributed by atoms with van der Waals surface area (Å²) in [5, 5.41) is 13.0. The molecule has 0 spiro atoms. The van der Waals surface area contributed by atoms with Crippen molar-refractivity contribution >= 4 is 17.4 Å². The number of hydrogen-bond acceptors (Lipinski definition) is 3. The van der Waals surface area contributed by atoms with Crippen LogP contribution in [0.4, 0.5) is 4.39 Å². The Balaban J connectivity index is 2.08. The Morgan fingerprint density at radius 2 is 2.21 bits per heavy atom. The normalized spacial score (nSPS) is 21.5. The third-order valence-electron chi connectivity index (χ3n) is 4.26. The van der Waals surface area contributed by atoms with Crippen LogP contribution in [0.25, 0.3) is 5.57 Å². The zero-order valence-corrected chi connectivity index (χ0v) is 14.0. The molecule has 1 aliphatic heterocycles. The molecule has 6 heteroatoms. The third kappa shape index (κ3) is 4.64. The van der Waals surface area contributed by atoms with Crippen LogP contribution in [0, 0.1) is 5.82 Å². The predicted octanol–water partition coefficient (Wildman–Crippen LogP) is 1.72. The minimum atomic E-state index is -1.20. The summed E-state index contributed by atoms with van der Waals surface area (Å²) in [4.78, 5) is 25.5. The largest absolute Gasteiger partial charge is 0.388 e. The molecule has 1 unspecified atom stereocenters. The molecule has 2 rings (SSSR count). The number of carbonyl (C=O) groups excluding carboxylic acids is 2. The standard InChI is InChI=1S/C18H23FN2O3/c1-13(14-5-3-6-15(19)10-14)9-17(23)21-8-4-7-18(24,12-21)11-16(22)20-2/h3,5-6,9-10,24H,4,7-8,11-12H2,1-2H3,(H,20,22)/b13-9+. The zero-order chi connectivity index (χ0) is 17.7. The van der Waals surface area contributed by atoms with Gasteiger partial charge in [-0.25, -0.2) is 4.39 Å². The van der Waals surface area contributed by atoms with Crippen LogP contribution < -0.4 is 5.32 Å².